The molecule has 35 heavy (non-hydrogen) atoms. The highest BCUT2D eigenvalue weighted by molar-refractivity contribution is 6.00. The number of urea groups is 1. The second kappa shape index (κ2) is 9.44. The van der Waals surface area contributed by atoms with Crippen molar-refractivity contribution in [2.75, 3.05) is 10.6 Å². The molecule has 3 aromatic carbocycles. The second-order valence-corrected chi connectivity index (χ2v) is 8.66. The van der Waals surface area contributed by atoms with Gasteiger partial charge in [-0.1, -0.05) is 30.3 Å². The molecule has 1 atom stereocenters. The third kappa shape index (κ3) is 5.07. The van der Waals surface area contributed by atoms with Crippen LogP contribution in [0.4, 0.5) is 16.2 Å². The molecule has 1 unspecified atom stereocenters. The fourth-order valence-corrected chi connectivity index (χ4v) is 4.04. The number of nitrogens with zero attached hydrogens (tertiary/aromatic N) is 3. The Morgan fingerprint density at radius 3 is 2.54 bits per heavy atom. The Labute approximate surface area is 202 Å². The molecule has 5 rings (SSSR count). The number of amides is 2. The fraction of sp³-hybridized carbons (Fsp3) is 0.148. The van der Waals surface area contributed by atoms with Gasteiger partial charge < -0.3 is 15.7 Å². The largest absolute Gasteiger partial charge is 0.391 e. The summed E-state index contributed by atoms with van der Waals surface area (Å²) in [6.45, 7) is 4.15. The Hall–Kier alpha value is -4.43. The summed E-state index contributed by atoms with van der Waals surface area (Å²) in [5, 5.41) is 28.2. The van der Waals surface area contributed by atoms with Crippen LogP contribution in [0.2, 0.25) is 0 Å². The zero-order valence-electron chi connectivity index (χ0n) is 19.5. The van der Waals surface area contributed by atoms with Crippen LogP contribution in [0, 0.1) is 6.92 Å². The third-order valence-corrected chi connectivity index (χ3v) is 5.67. The van der Waals surface area contributed by atoms with Crippen LogP contribution in [0.15, 0.2) is 79.1 Å². The average Bonchev–Trinajstić information content (AvgIpc) is 3.45. The zero-order chi connectivity index (χ0) is 24.4. The number of hydrogen-bond donors (Lipinski definition) is 4. The maximum atomic E-state index is 12.3. The van der Waals surface area contributed by atoms with Gasteiger partial charge in [0, 0.05) is 28.5 Å². The predicted octanol–water partition coefficient (Wildman–Crippen LogP) is 5.43. The lowest BCUT2D eigenvalue weighted by Gasteiger charge is -2.09. The summed E-state index contributed by atoms with van der Waals surface area (Å²) in [7, 11) is 0. The lowest BCUT2D eigenvalue weighted by atomic mass is 10.0. The molecule has 0 bridgehead atoms. The number of anilines is 2. The Morgan fingerprint density at radius 1 is 1.00 bits per heavy atom. The van der Waals surface area contributed by atoms with Gasteiger partial charge in [-0.25, -0.2) is 4.79 Å². The summed E-state index contributed by atoms with van der Waals surface area (Å²) in [6.07, 6.45) is 3.18. The molecule has 0 aliphatic carbocycles. The number of H-pyrrole nitrogens is 1. The van der Waals surface area contributed by atoms with Gasteiger partial charge in [-0.2, -0.15) is 10.2 Å². The summed E-state index contributed by atoms with van der Waals surface area (Å²) in [6, 6.07) is 21.2. The number of aromatic nitrogens is 4. The molecule has 4 N–H and O–H groups in total. The number of carbonyl (C=O) groups is 1. The third-order valence-electron chi connectivity index (χ3n) is 5.67. The molecular weight excluding hydrogens is 440 g/mol. The molecule has 5 aromatic rings. The molecule has 0 spiro atoms. The highest BCUT2D eigenvalue weighted by Gasteiger charge is 2.12. The minimum absolute atomic E-state index is 0.286. The molecule has 2 aromatic heterocycles. The highest BCUT2D eigenvalue weighted by atomic mass is 16.3. The van der Waals surface area contributed by atoms with E-state index in [0.717, 1.165) is 44.5 Å². The monoisotopic (exact) mass is 466 g/mol. The van der Waals surface area contributed by atoms with Crippen LogP contribution in [0.3, 0.4) is 0 Å². The van der Waals surface area contributed by atoms with Crippen molar-refractivity contribution in [2.24, 2.45) is 0 Å². The van der Waals surface area contributed by atoms with Gasteiger partial charge >= 0.3 is 6.03 Å². The van der Waals surface area contributed by atoms with Gasteiger partial charge in [-0.3, -0.25) is 9.78 Å². The summed E-state index contributed by atoms with van der Waals surface area (Å²) in [4.78, 5) is 12.3. The van der Waals surface area contributed by atoms with E-state index in [-0.39, 0.29) is 6.03 Å². The maximum Gasteiger partial charge on any atom is 0.323 e. The van der Waals surface area contributed by atoms with Crippen LogP contribution in [-0.4, -0.2) is 37.2 Å². The summed E-state index contributed by atoms with van der Waals surface area (Å²) in [5.41, 5.74) is 7.23. The lowest BCUT2D eigenvalue weighted by molar-refractivity contribution is 0.168. The van der Waals surface area contributed by atoms with Crippen LogP contribution in [0.5, 0.6) is 0 Å². The van der Waals surface area contributed by atoms with Gasteiger partial charge in [-0.05, 0) is 66.9 Å². The maximum absolute atomic E-state index is 12.3. The fourth-order valence-electron chi connectivity index (χ4n) is 4.04. The van der Waals surface area contributed by atoms with Crippen LogP contribution < -0.4 is 10.6 Å². The molecule has 2 amide bonds. The van der Waals surface area contributed by atoms with Gasteiger partial charge in [0.1, 0.15) is 5.69 Å². The van der Waals surface area contributed by atoms with Crippen molar-refractivity contribution in [3.63, 3.8) is 0 Å². The Bertz CT molecular complexity index is 1480. The van der Waals surface area contributed by atoms with Crippen LogP contribution >= 0.6 is 0 Å². The van der Waals surface area contributed by atoms with Crippen LogP contribution in [-0.2, 0) is 6.54 Å². The summed E-state index contributed by atoms with van der Waals surface area (Å²) >= 11 is 0. The van der Waals surface area contributed by atoms with Gasteiger partial charge in [0.05, 0.1) is 24.4 Å². The van der Waals surface area contributed by atoms with Gasteiger partial charge in [0.2, 0.25) is 0 Å². The minimum atomic E-state index is -0.467. The number of aliphatic hydroxyl groups is 1. The SMILES string of the molecule is Cc1cccc(NC(=O)Nc2ccc(-c3ccc4c(-c5cnn(CC(C)O)c5)n[nH]c4c3)cc2)c1. The van der Waals surface area contributed by atoms with E-state index in [9.17, 15) is 9.90 Å². The number of hydrogen-bond acceptors (Lipinski definition) is 4. The molecule has 176 valence electrons. The van der Waals surface area contributed by atoms with E-state index in [1.807, 2.05) is 67.7 Å². The molecular formula is C27H26N6O2. The molecule has 2 heterocycles. The van der Waals surface area contributed by atoms with Crippen molar-refractivity contribution in [1.29, 1.82) is 0 Å². The van der Waals surface area contributed by atoms with E-state index >= 15 is 0 Å². The normalized spacial score (nSPS) is 12.0. The first kappa shape index (κ1) is 22.4. The Kier molecular flexibility index (Phi) is 6.03. The quantitative estimate of drug-likeness (QED) is 0.268. The molecule has 0 saturated heterocycles. The van der Waals surface area contributed by atoms with Crippen molar-refractivity contribution in [3.05, 3.63) is 84.7 Å². The molecule has 0 fully saturated rings. The van der Waals surface area contributed by atoms with Gasteiger partial charge in [0.25, 0.3) is 0 Å². The van der Waals surface area contributed by atoms with Gasteiger partial charge in [-0.15, -0.1) is 0 Å². The standard InChI is InChI=1S/C27H26N6O2/c1-17-4-3-5-23(12-17)30-27(35)29-22-9-6-19(7-10-22)20-8-11-24-25(13-20)31-32-26(24)21-14-28-33(16-21)15-18(2)34/h3-14,16,18,34H,15H2,1-2H3,(H,31,32)(H2,29,30,35). The molecule has 0 radical (unpaired) electrons. The van der Waals surface area contributed by atoms with Crippen LogP contribution in [0.25, 0.3) is 33.3 Å². The summed E-state index contributed by atoms with van der Waals surface area (Å²) in [5.74, 6) is 0. The molecule has 0 aliphatic rings. The number of fused-ring (bicyclic) bond motifs is 1. The number of aliphatic hydroxyl groups excluding tert-OH is 1. The Morgan fingerprint density at radius 2 is 1.77 bits per heavy atom. The first-order chi connectivity index (χ1) is 16.9. The van der Waals surface area contributed by atoms with E-state index in [1.165, 1.54) is 0 Å². The van der Waals surface area contributed by atoms with Crippen LogP contribution in [0.1, 0.15) is 12.5 Å². The number of rotatable bonds is 6. The topological polar surface area (TPSA) is 108 Å². The average molecular weight is 467 g/mol. The number of aromatic amines is 1. The molecule has 8 nitrogen and oxygen atoms in total. The predicted molar refractivity (Wildman–Crippen MR) is 138 cm³/mol. The van der Waals surface area contributed by atoms with Crippen molar-refractivity contribution in [1.82, 2.24) is 20.0 Å². The zero-order valence-corrected chi connectivity index (χ0v) is 19.5. The molecule has 0 saturated carbocycles. The van der Waals surface area contributed by atoms with Gasteiger partial charge in [0.15, 0.2) is 0 Å². The van der Waals surface area contributed by atoms with Crippen molar-refractivity contribution in [3.8, 4) is 22.4 Å². The molecule has 8 heteroatoms. The number of nitrogens with one attached hydrogen (secondary N) is 3. The molecule has 0 aliphatic heterocycles. The van der Waals surface area contributed by atoms with E-state index in [0.29, 0.717) is 12.2 Å². The highest BCUT2D eigenvalue weighted by Crippen LogP contribution is 2.30. The first-order valence-electron chi connectivity index (χ1n) is 11.4. The smallest absolute Gasteiger partial charge is 0.323 e. The minimum Gasteiger partial charge on any atom is -0.391 e. The first-order valence-corrected chi connectivity index (χ1v) is 11.4. The van der Waals surface area contributed by atoms with E-state index in [2.05, 4.69) is 38.1 Å². The lowest BCUT2D eigenvalue weighted by Crippen LogP contribution is -2.19. The Balaban J connectivity index is 1.30. The number of carbonyl (C=O) groups excluding carboxylic acids is 1. The van der Waals surface area contributed by atoms with Crippen molar-refractivity contribution in [2.45, 2.75) is 26.5 Å². The number of aryl methyl sites for hydroxylation is 1. The number of benzene rings is 3. The van der Waals surface area contributed by atoms with Crippen molar-refractivity contribution >= 4 is 28.3 Å². The van der Waals surface area contributed by atoms with E-state index < -0.39 is 6.10 Å². The van der Waals surface area contributed by atoms with E-state index in [1.54, 1.807) is 17.8 Å². The van der Waals surface area contributed by atoms with Crippen molar-refractivity contribution < 1.29 is 9.90 Å². The second-order valence-electron chi connectivity index (χ2n) is 8.66. The van der Waals surface area contributed by atoms with E-state index in [4.69, 9.17) is 0 Å². The summed E-state index contributed by atoms with van der Waals surface area (Å²) < 4.78 is 1.71.